The molecule has 9 nitrogen and oxygen atoms in total. The van der Waals surface area contributed by atoms with Gasteiger partial charge < -0.3 is 14.6 Å². The number of H-pyrrole nitrogens is 1. The van der Waals surface area contributed by atoms with E-state index < -0.39 is 0 Å². The Morgan fingerprint density at radius 2 is 2.29 bits per heavy atom. The van der Waals surface area contributed by atoms with Gasteiger partial charge in [0.1, 0.15) is 17.5 Å². The largest absolute Gasteiger partial charge is 0.378 e. The Balaban J connectivity index is 1.48. The molecule has 1 saturated heterocycles. The number of piperidine rings is 1. The molecule has 1 N–H and O–H groups in total. The number of hydrogen-bond acceptors (Lipinski definition) is 7. The summed E-state index contributed by atoms with van der Waals surface area (Å²) in [5, 5.41) is 8.32. The SMILES string of the molecule is COCc1cn(C[C@H]2CCCN(c3ncnc4nc[nH]c34)C2)nn1. The van der Waals surface area contributed by atoms with E-state index in [0.717, 1.165) is 43.1 Å². The van der Waals surface area contributed by atoms with Crippen LogP contribution >= 0.6 is 0 Å². The van der Waals surface area contributed by atoms with Crippen LogP contribution in [0.3, 0.4) is 0 Å². The zero-order valence-electron chi connectivity index (χ0n) is 13.6. The summed E-state index contributed by atoms with van der Waals surface area (Å²) in [7, 11) is 1.66. The highest BCUT2D eigenvalue weighted by atomic mass is 16.5. The number of anilines is 1. The molecular formula is C15H20N8O. The number of imidazole rings is 1. The van der Waals surface area contributed by atoms with Crippen LogP contribution in [0.15, 0.2) is 18.9 Å². The van der Waals surface area contributed by atoms with Crippen LogP contribution in [0.2, 0.25) is 0 Å². The molecular weight excluding hydrogens is 308 g/mol. The lowest BCUT2D eigenvalue weighted by Gasteiger charge is -2.33. The molecule has 0 unspecified atom stereocenters. The van der Waals surface area contributed by atoms with Gasteiger partial charge >= 0.3 is 0 Å². The van der Waals surface area contributed by atoms with E-state index in [4.69, 9.17) is 4.74 Å². The van der Waals surface area contributed by atoms with Gasteiger partial charge in [0, 0.05) is 26.7 Å². The third-order valence-corrected chi connectivity index (χ3v) is 4.35. The van der Waals surface area contributed by atoms with Crippen molar-refractivity contribution in [2.75, 3.05) is 25.1 Å². The van der Waals surface area contributed by atoms with Gasteiger partial charge in [0.25, 0.3) is 0 Å². The first kappa shape index (κ1) is 15.0. The predicted molar refractivity (Wildman–Crippen MR) is 87.4 cm³/mol. The summed E-state index contributed by atoms with van der Waals surface area (Å²) in [5.74, 6) is 1.43. The Labute approximate surface area is 139 Å². The van der Waals surface area contributed by atoms with Gasteiger partial charge in [-0.2, -0.15) is 0 Å². The number of fused-ring (bicyclic) bond motifs is 1. The average molecular weight is 328 g/mol. The summed E-state index contributed by atoms with van der Waals surface area (Å²) in [6, 6.07) is 0. The van der Waals surface area contributed by atoms with Gasteiger partial charge in [-0.15, -0.1) is 5.10 Å². The highest BCUT2D eigenvalue weighted by Crippen LogP contribution is 2.26. The van der Waals surface area contributed by atoms with Gasteiger partial charge in [0.15, 0.2) is 11.5 Å². The molecule has 0 aromatic carbocycles. The molecule has 9 heteroatoms. The molecule has 0 spiro atoms. The molecule has 3 aromatic heterocycles. The van der Waals surface area contributed by atoms with E-state index in [1.807, 2.05) is 10.9 Å². The van der Waals surface area contributed by atoms with Crippen LogP contribution in [-0.2, 0) is 17.9 Å². The predicted octanol–water partition coefficient (Wildman–Crippen LogP) is 1.01. The molecule has 3 aromatic rings. The second-order valence-electron chi connectivity index (χ2n) is 6.12. The maximum Gasteiger partial charge on any atom is 0.182 e. The Kier molecular flexibility index (Phi) is 4.08. The molecule has 4 heterocycles. The van der Waals surface area contributed by atoms with E-state index in [0.29, 0.717) is 18.2 Å². The minimum Gasteiger partial charge on any atom is -0.378 e. The molecule has 0 saturated carbocycles. The van der Waals surface area contributed by atoms with Crippen molar-refractivity contribution in [1.82, 2.24) is 34.9 Å². The number of aromatic amines is 1. The van der Waals surface area contributed by atoms with Crippen molar-refractivity contribution in [3.63, 3.8) is 0 Å². The van der Waals surface area contributed by atoms with E-state index in [2.05, 4.69) is 35.1 Å². The van der Waals surface area contributed by atoms with Crippen molar-refractivity contribution in [3.05, 3.63) is 24.5 Å². The van der Waals surface area contributed by atoms with Gasteiger partial charge in [-0.25, -0.2) is 15.0 Å². The quantitative estimate of drug-likeness (QED) is 0.746. The van der Waals surface area contributed by atoms with Crippen molar-refractivity contribution in [1.29, 1.82) is 0 Å². The smallest absolute Gasteiger partial charge is 0.182 e. The Morgan fingerprint density at radius 1 is 1.33 bits per heavy atom. The fourth-order valence-corrected chi connectivity index (χ4v) is 3.30. The van der Waals surface area contributed by atoms with Crippen molar-refractivity contribution in [2.24, 2.45) is 5.92 Å². The number of ether oxygens (including phenoxy) is 1. The summed E-state index contributed by atoms with van der Waals surface area (Å²) in [6.45, 7) is 3.28. The molecule has 0 radical (unpaired) electrons. The zero-order valence-corrected chi connectivity index (χ0v) is 13.6. The zero-order chi connectivity index (χ0) is 16.4. The number of hydrogen-bond donors (Lipinski definition) is 1. The highest BCUT2D eigenvalue weighted by molar-refractivity contribution is 5.82. The highest BCUT2D eigenvalue weighted by Gasteiger charge is 2.23. The molecule has 1 aliphatic heterocycles. The van der Waals surface area contributed by atoms with E-state index in [-0.39, 0.29) is 0 Å². The van der Waals surface area contributed by atoms with Gasteiger partial charge in [-0.3, -0.25) is 4.68 Å². The number of methoxy groups -OCH3 is 1. The van der Waals surface area contributed by atoms with Crippen LogP contribution in [0.4, 0.5) is 5.82 Å². The van der Waals surface area contributed by atoms with E-state index >= 15 is 0 Å². The van der Waals surface area contributed by atoms with Crippen LogP contribution < -0.4 is 4.90 Å². The normalized spacial score (nSPS) is 18.4. The molecule has 126 valence electrons. The minimum absolute atomic E-state index is 0.496. The molecule has 1 atom stereocenters. The second-order valence-corrected chi connectivity index (χ2v) is 6.12. The van der Waals surface area contributed by atoms with Crippen LogP contribution in [0.1, 0.15) is 18.5 Å². The molecule has 4 rings (SSSR count). The Morgan fingerprint density at radius 3 is 3.21 bits per heavy atom. The fourth-order valence-electron chi connectivity index (χ4n) is 3.30. The third kappa shape index (κ3) is 2.94. The van der Waals surface area contributed by atoms with Gasteiger partial charge in [0.2, 0.25) is 0 Å². The summed E-state index contributed by atoms with van der Waals surface area (Å²) in [4.78, 5) is 18.3. The summed E-state index contributed by atoms with van der Waals surface area (Å²) < 4.78 is 7.00. The van der Waals surface area contributed by atoms with Crippen LogP contribution in [0, 0.1) is 5.92 Å². The lowest BCUT2D eigenvalue weighted by Crippen LogP contribution is -2.37. The molecule has 24 heavy (non-hydrogen) atoms. The van der Waals surface area contributed by atoms with E-state index in [1.165, 1.54) is 6.42 Å². The van der Waals surface area contributed by atoms with Gasteiger partial charge in [-0.1, -0.05) is 5.21 Å². The van der Waals surface area contributed by atoms with Gasteiger partial charge in [0.05, 0.1) is 19.1 Å². The fraction of sp³-hybridized carbons (Fsp3) is 0.533. The summed E-state index contributed by atoms with van der Waals surface area (Å²) >= 11 is 0. The maximum absolute atomic E-state index is 5.09. The number of nitrogens with zero attached hydrogens (tertiary/aromatic N) is 7. The van der Waals surface area contributed by atoms with Crippen molar-refractivity contribution in [3.8, 4) is 0 Å². The number of nitrogens with one attached hydrogen (secondary N) is 1. The van der Waals surface area contributed by atoms with Crippen molar-refractivity contribution < 1.29 is 4.74 Å². The molecule has 1 fully saturated rings. The first-order valence-electron chi connectivity index (χ1n) is 8.10. The molecule has 0 aliphatic carbocycles. The van der Waals surface area contributed by atoms with Crippen LogP contribution in [0.25, 0.3) is 11.2 Å². The molecule has 1 aliphatic rings. The van der Waals surface area contributed by atoms with Gasteiger partial charge in [-0.05, 0) is 18.8 Å². The summed E-state index contributed by atoms with van der Waals surface area (Å²) in [6.07, 6.45) is 7.50. The molecule has 0 amide bonds. The average Bonchev–Trinajstić information content (AvgIpc) is 3.24. The lowest BCUT2D eigenvalue weighted by atomic mass is 9.98. The standard InChI is InChI=1S/C15H20N8O/c1-24-8-12-7-23(21-20-12)6-11-3-2-4-22(5-11)15-13-14(17-9-16-13)18-10-19-15/h7,9-11H,2-6,8H2,1H3,(H,16,17,18,19)/t11-/m0/s1. The number of aromatic nitrogens is 7. The first-order chi connectivity index (χ1) is 11.8. The van der Waals surface area contributed by atoms with Crippen LogP contribution in [-0.4, -0.2) is 55.1 Å². The second kappa shape index (κ2) is 6.52. The Bertz CT molecular complexity index is 813. The van der Waals surface area contributed by atoms with Crippen molar-refractivity contribution >= 4 is 17.0 Å². The lowest BCUT2D eigenvalue weighted by molar-refractivity contribution is 0.181. The van der Waals surface area contributed by atoms with E-state index in [9.17, 15) is 0 Å². The number of rotatable bonds is 5. The maximum atomic E-state index is 5.09. The Hall–Kier alpha value is -2.55. The molecule has 0 bridgehead atoms. The first-order valence-corrected chi connectivity index (χ1v) is 8.10. The summed E-state index contributed by atoms with van der Waals surface area (Å²) in [5.41, 5.74) is 2.48. The topological polar surface area (TPSA) is 97.6 Å². The third-order valence-electron chi connectivity index (χ3n) is 4.35. The minimum atomic E-state index is 0.496. The van der Waals surface area contributed by atoms with Crippen molar-refractivity contribution in [2.45, 2.75) is 26.0 Å². The van der Waals surface area contributed by atoms with E-state index in [1.54, 1.807) is 19.8 Å². The van der Waals surface area contributed by atoms with Crippen LogP contribution in [0.5, 0.6) is 0 Å². The monoisotopic (exact) mass is 328 g/mol.